The molecule has 10 heteroatoms. The van der Waals surface area contributed by atoms with E-state index in [1.165, 1.54) is 0 Å². The highest BCUT2D eigenvalue weighted by molar-refractivity contribution is 7.98. The monoisotopic (exact) mass is 574 g/mol. The molecule has 192 valence electrons. The number of benzene rings is 3. The molecule has 0 fully saturated rings. The fraction of sp³-hybridized carbons (Fsp3) is 0.222. The first-order valence-electron chi connectivity index (χ1n) is 11.6. The van der Waals surface area contributed by atoms with Crippen molar-refractivity contribution in [2.24, 2.45) is 5.10 Å². The maximum Gasteiger partial charge on any atom is 0.212 e. The van der Waals surface area contributed by atoms with Crippen LogP contribution in [0.15, 0.2) is 70.9 Å². The zero-order valence-electron chi connectivity index (χ0n) is 20.3. The van der Waals surface area contributed by atoms with Crippen molar-refractivity contribution in [2.75, 3.05) is 7.11 Å². The summed E-state index contributed by atoms with van der Waals surface area (Å²) in [5, 5.41) is 15.9. The van der Waals surface area contributed by atoms with Crippen molar-refractivity contribution < 1.29 is 9.47 Å². The van der Waals surface area contributed by atoms with E-state index in [1.807, 2.05) is 48.5 Å². The van der Waals surface area contributed by atoms with Gasteiger partial charge in [-0.05, 0) is 53.9 Å². The van der Waals surface area contributed by atoms with E-state index in [0.29, 0.717) is 37.5 Å². The maximum atomic E-state index is 6.16. The lowest BCUT2D eigenvalue weighted by Crippen LogP contribution is -2.03. The maximum absolute atomic E-state index is 6.16. The Hall–Kier alpha value is -2.71. The summed E-state index contributed by atoms with van der Waals surface area (Å²) >= 11 is 19.8. The van der Waals surface area contributed by atoms with Gasteiger partial charge in [-0.1, -0.05) is 77.8 Å². The molecule has 4 aromatic rings. The minimum atomic E-state index is 0.286. The standard InChI is InChI=1S/C27H25Cl3N4O2S/c1-3-5-25-32-33-27(37-17-18-8-11-21(28)12-9-18)34(25)31-15-20-6-4-7-24(35-2)26(20)36-16-19-10-13-22(29)23(30)14-19/h4,6-15H,3,5,16-17H2,1-2H3/b31-15+. The van der Waals surface area contributed by atoms with Gasteiger partial charge in [0.2, 0.25) is 5.16 Å². The lowest BCUT2D eigenvalue weighted by Gasteiger charge is -2.13. The van der Waals surface area contributed by atoms with Crippen molar-refractivity contribution in [3.8, 4) is 11.5 Å². The van der Waals surface area contributed by atoms with Gasteiger partial charge in [0.25, 0.3) is 0 Å². The lowest BCUT2D eigenvalue weighted by molar-refractivity contribution is 0.284. The van der Waals surface area contributed by atoms with Crippen molar-refractivity contribution in [2.45, 2.75) is 37.3 Å². The molecular weight excluding hydrogens is 551 g/mol. The molecule has 1 heterocycles. The number of ether oxygens (including phenoxy) is 2. The molecule has 0 aliphatic carbocycles. The summed E-state index contributed by atoms with van der Waals surface area (Å²) < 4.78 is 13.5. The number of hydrogen-bond acceptors (Lipinski definition) is 6. The summed E-state index contributed by atoms with van der Waals surface area (Å²) in [6.45, 7) is 2.38. The van der Waals surface area contributed by atoms with Gasteiger partial charge in [0.05, 0.1) is 23.4 Å². The summed E-state index contributed by atoms with van der Waals surface area (Å²) in [5.74, 6) is 2.67. The van der Waals surface area contributed by atoms with Gasteiger partial charge in [0.1, 0.15) is 6.61 Å². The molecule has 0 spiro atoms. The van der Waals surface area contributed by atoms with Gasteiger partial charge >= 0.3 is 0 Å². The van der Waals surface area contributed by atoms with Crippen LogP contribution in [-0.2, 0) is 18.8 Å². The average molecular weight is 576 g/mol. The molecule has 4 rings (SSSR count). The molecule has 0 aliphatic heterocycles. The molecule has 0 saturated carbocycles. The Morgan fingerprint density at radius 2 is 1.76 bits per heavy atom. The van der Waals surface area contributed by atoms with E-state index in [0.717, 1.165) is 35.4 Å². The second-order valence-corrected chi connectivity index (χ2v) is 10.2. The summed E-state index contributed by atoms with van der Waals surface area (Å²) in [5.41, 5.74) is 2.77. The number of aromatic nitrogens is 3. The quantitative estimate of drug-likeness (QED) is 0.134. The SMILES string of the molecule is CCCc1nnc(SCc2ccc(Cl)cc2)n1/N=C/c1cccc(OC)c1OCc1ccc(Cl)c(Cl)c1. The second-order valence-electron chi connectivity index (χ2n) is 8.04. The van der Waals surface area contributed by atoms with E-state index >= 15 is 0 Å². The highest BCUT2D eigenvalue weighted by Crippen LogP contribution is 2.32. The zero-order chi connectivity index (χ0) is 26.2. The first kappa shape index (κ1) is 27.3. The second kappa shape index (κ2) is 13.2. The normalized spacial score (nSPS) is 11.3. The topological polar surface area (TPSA) is 61.5 Å². The predicted octanol–water partition coefficient (Wildman–Crippen LogP) is 7.95. The third-order valence-electron chi connectivity index (χ3n) is 5.34. The molecule has 0 amide bonds. The van der Waals surface area contributed by atoms with Crippen LogP contribution in [0.5, 0.6) is 11.5 Å². The highest BCUT2D eigenvalue weighted by Gasteiger charge is 2.14. The molecule has 0 atom stereocenters. The molecule has 0 N–H and O–H groups in total. The molecule has 0 saturated heterocycles. The lowest BCUT2D eigenvalue weighted by atomic mass is 10.2. The Morgan fingerprint density at radius 3 is 2.49 bits per heavy atom. The largest absolute Gasteiger partial charge is 0.493 e. The number of aryl methyl sites for hydroxylation is 1. The van der Waals surface area contributed by atoms with Crippen LogP contribution < -0.4 is 9.47 Å². The smallest absolute Gasteiger partial charge is 0.212 e. The fourth-order valence-corrected chi connectivity index (χ4v) is 4.77. The van der Waals surface area contributed by atoms with Crippen LogP contribution in [0.2, 0.25) is 15.1 Å². The van der Waals surface area contributed by atoms with Gasteiger partial charge in [-0.15, -0.1) is 10.2 Å². The van der Waals surface area contributed by atoms with Gasteiger partial charge in [-0.25, -0.2) is 0 Å². The molecule has 0 unspecified atom stereocenters. The molecule has 0 bridgehead atoms. The number of hydrogen-bond donors (Lipinski definition) is 0. The average Bonchev–Trinajstić information content (AvgIpc) is 3.29. The Morgan fingerprint density at radius 1 is 0.973 bits per heavy atom. The Kier molecular flexibility index (Phi) is 9.75. The van der Waals surface area contributed by atoms with Crippen LogP contribution >= 0.6 is 46.6 Å². The van der Waals surface area contributed by atoms with Crippen molar-refractivity contribution in [1.82, 2.24) is 14.9 Å². The number of halogens is 3. The minimum absolute atomic E-state index is 0.286. The predicted molar refractivity (Wildman–Crippen MR) is 152 cm³/mol. The Labute approximate surface area is 235 Å². The van der Waals surface area contributed by atoms with Crippen LogP contribution in [0.1, 0.15) is 35.9 Å². The van der Waals surface area contributed by atoms with E-state index < -0.39 is 0 Å². The van der Waals surface area contributed by atoms with E-state index in [9.17, 15) is 0 Å². The van der Waals surface area contributed by atoms with Gasteiger partial charge in [-0.3, -0.25) is 0 Å². The van der Waals surface area contributed by atoms with Crippen molar-refractivity contribution in [1.29, 1.82) is 0 Å². The number of rotatable bonds is 11. The molecule has 0 aliphatic rings. The van der Waals surface area contributed by atoms with Gasteiger partial charge in [0, 0.05) is 22.8 Å². The Balaban J connectivity index is 1.58. The summed E-state index contributed by atoms with van der Waals surface area (Å²) in [6.07, 6.45) is 3.42. The molecule has 37 heavy (non-hydrogen) atoms. The first-order chi connectivity index (χ1) is 18.0. The van der Waals surface area contributed by atoms with Crippen LogP contribution in [0.3, 0.4) is 0 Å². The van der Waals surface area contributed by atoms with E-state index in [4.69, 9.17) is 49.4 Å². The number of thioether (sulfide) groups is 1. The number of methoxy groups -OCH3 is 1. The van der Waals surface area contributed by atoms with Crippen molar-refractivity contribution in [3.63, 3.8) is 0 Å². The van der Waals surface area contributed by atoms with Gasteiger partial charge in [-0.2, -0.15) is 9.78 Å². The van der Waals surface area contributed by atoms with E-state index in [2.05, 4.69) is 17.1 Å². The van der Waals surface area contributed by atoms with Gasteiger partial charge in [0.15, 0.2) is 17.3 Å². The number of para-hydroxylation sites is 1. The van der Waals surface area contributed by atoms with Crippen molar-refractivity contribution >= 4 is 52.8 Å². The van der Waals surface area contributed by atoms with E-state index in [1.54, 1.807) is 41.9 Å². The summed E-state index contributed by atoms with van der Waals surface area (Å²) in [4.78, 5) is 0. The molecule has 1 aromatic heterocycles. The molecule has 3 aromatic carbocycles. The summed E-state index contributed by atoms with van der Waals surface area (Å²) in [6, 6.07) is 18.8. The van der Waals surface area contributed by atoms with Crippen LogP contribution in [0.25, 0.3) is 0 Å². The number of nitrogens with zero attached hydrogens (tertiary/aromatic N) is 4. The Bertz CT molecular complexity index is 1380. The van der Waals surface area contributed by atoms with E-state index in [-0.39, 0.29) is 6.61 Å². The highest BCUT2D eigenvalue weighted by atomic mass is 35.5. The minimum Gasteiger partial charge on any atom is -0.493 e. The first-order valence-corrected chi connectivity index (χ1v) is 13.7. The zero-order valence-corrected chi connectivity index (χ0v) is 23.4. The van der Waals surface area contributed by atoms with Crippen LogP contribution in [-0.4, -0.2) is 28.2 Å². The van der Waals surface area contributed by atoms with Crippen molar-refractivity contribution in [3.05, 3.63) is 98.2 Å². The third kappa shape index (κ3) is 7.20. The summed E-state index contributed by atoms with van der Waals surface area (Å²) in [7, 11) is 1.60. The molecule has 6 nitrogen and oxygen atoms in total. The van der Waals surface area contributed by atoms with Gasteiger partial charge < -0.3 is 9.47 Å². The fourth-order valence-electron chi connectivity index (χ4n) is 3.46. The van der Waals surface area contributed by atoms with Crippen LogP contribution in [0.4, 0.5) is 0 Å². The molecular formula is C27H25Cl3N4O2S. The third-order valence-corrected chi connectivity index (χ3v) is 7.32. The van der Waals surface area contributed by atoms with Crippen LogP contribution in [0, 0.1) is 0 Å². The molecule has 0 radical (unpaired) electrons.